The number of nitro groups is 1. The van der Waals surface area contributed by atoms with E-state index in [1.807, 2.05) is 53.7 Å². The fourth-order valence-electron chi connectivity index (χ4n) is 2.59. The summed E-state index contributed by atoms with van der Waals surface area (Å²) in [4.78, 5) is 27.8. The molecule has 0 fully saturated rings. The summed E-state index contributed by atoms with van der Waals surface area (Å²) in [5.41, 5.74) is 2.18. The van der Waals surface area contributed by atoms with E-state index < -0.39 is 4.92 Å². The van der Waals surface area contributed by atoms with Gasteiger partial charge in [-0.3, -0.25) is 14.9 Å². The SMILES string of the molecule is CC(C)(C)C1=CC(=Nc2ccc([N+](=O)[O-])cc2)C=C(C(C)(C)C)C1=O. The lowest BCUT2D eigenvalue weighted by molar-refractivity contribution is -0.384. The quantitative estimate of drug-likeness (QED) is 0.422. The molecule has 0 N–H and O–H groups in total. The van der Waals surface area contributed by atoms with Gasteiger partial charge in [-0.15, -0.1) is 0 Å². The summed E-state index contributed by atoms with van der Waals surface area (Å²) in [5.74, 6) is 0.0580. The number of rotatable bonds is 2. The van der Waals surface area contributed by atoms with Crippen LogP contribution in [0.1, 0.15) is 41.5 Å². The maximum atomic E-state index is 12.9. The van der Waals surface area contributed by atoms with Gasteiger partial charge in [0.15, 0.2) is 5.78 Å². The summed E-state index contributed by atoms with van der Waals surface area (Å²) < 4.78 is 0. The minimum Gasteiger partial charge on any atom is -0.289 e. The average Bonchev–Trinajstić information content (AvgIpc) is 2.47. The molecule has 132 valence electrons. The van der Waals surface area contributed by atoms with E-state index in [1.165, 1.54) is 12.1 Å². The zero-order chi connectivity index (χ0) is 19.0. The molecule has 0 atom stereocenters. The third-order valence-corrected chi connectivity index (χ3v) is 4.01. The highest BCUT2D eigenvalue weighted by atomic mass is 16.6. The minimum absolute atomic E-state index is 0.0274. The van der Waals surface area contributed by atoms with Gasteiger partial charge in [0.2, 0.25) is 0 Å². The summed E-state index contributed by atoms with van der Waals surface area (Å²) in [7, 11) is 0. The Morgan fingerprint density at radius 2 is 1.32 bits per heavy atom. The molecule has 0 heterocycles. The summed E-state index contributed by atoms with van der Waals surface area (Å²) in [6.45, 7) is 12.0. The predicted molar refractivity (Wildman–Crippen MR) is 100 cm³/mol. The Bertz CT molecular complexity index is 763. The molecular formula is C20H24N2O3. The van der Waals surface area contributed by atoms with Crippen molar-refractivity contribution in [3.8, 4) is 0 Å². The van der Waals surface area contributed by atoms with Crippen molar-refractivity contribution in [1.29, 1.82) is 0 Å². The van der Waals surface area contributed by atoms with Crippen LogP contribution in [0.25, 0.3) is 0 Å². The number of ketones is 1. The second-order valence-electron chi connectivity index (χ2n) is 8.26. The number of nitrogens with zero attached hydrogens (tertiary/aromatic N) is 2. The molecule has 0 aliphatic heterocycles. The summed E-state index contributed by atoms with van der Waals surface area (Å²) in [6, 6.07) is 6.07. The van der Waals surface area contributed by atoms with Crippen LogP contribution in [-0.4, -0.2) is 16.4 Å². The zero-order valence-corrected chi connectivity index (χ0v) is 15.6. The number of allylic oxidation sites excluding steroid dienone is 4. The van der Waals surface area contributed by atoms with Crippen LogP contribution in [-0.2, 0) is 4.79 Å². The van der Waals surface area contributed by atoms with Crippen molar-refractivity contribution in [2.45, 2.75) is 41.5 Å². The van der Waals surface area contributed by atoms with E-state index in [0.717, 1.165) is 11.1 Å². The van der Waals surface area contributed by atoms with Crippen LogP contribution in [0, 0.1) is 20.9 Å². The fourth-order valence-corrected chi connectivity index (χ4v) is 2.59. The number of non-ortho nitro benzene ring substituents is 1. The summed E-state index contributed by atoms with van der Waals surface area (Å²) in [6.07, 6.45) is 3.64. The molecule has 5 nitrogen and oxygen atoms in total. The number of benzene rings is 1. The number of Topliss-reactive ketones (excluding diaryl/α,β-unsaturated/α-hetero) is 1. The van der Waals surface area contributed by atoms with E-state index >= 15 is 0 Å². The number of carbonyl (C=O) groups excluding carboxylic acids is 1. The zero-order valence-electron chi connectivity index (χ0n) is 15.6. The van der Waals surface area contributed by atoms with Crippen molar-refractivity contribution in [2.24, 2.45) is 15.8 Å². The normalized spacial score (nSPS) is 15.6. The van der Waals surface area contributed by atoms with Gasteiger partial charge >= 0.3 is 0 Å². The van der Waals surface area contributed by atoms with Gasteiger partial charge in [0, 0.05) is 23.3 Å². The molecule has 0 aromatic heterocycles. The molecule has 0 radical (unpaired) electrons. The lowest BCUT2D eigenvalue weighted by Gasteiger charge is -2.31. The van der Waals surface area contributed by atoms with E-state index in [2.05, 4.69) is 4.99 Å². The number of carbonyl (C=O) groups is 1. The Kier molecular flexibility index (Phi) is 4.80. The van der Waals surface area contributed by atoms with Gasteiger partial charge in [0.1, 0.15) is 0 Å². The van der Waals surface area contributed by atoms with Gasteiger partial charge in [0.05, 0.1) is 16.3 Å². The number of hydrogen-bond donors (Lipinski definition) is 0. The third-order valence-electron chi connectivity index (χ3n) is 4.01. The Labute approximate surface area is 148 Å². The maximum Gasteiger partial charge on any atom is 0.269 e. The van der Waals surface area contributed by atoms with Gasteiger partial charge in [-0.2, -0.15) is 0 Å². The van der Waals surface area contributed by atoms with Crippen molar-refractivity contribution in [3.63, 3.8) is 0 Å². The molecule has 1 aliphatic carbocycles. The second-order valence-corrected chi connectivity index (χ2v) is 8.26. The molecule has 5 heteroatoms. The lowest BCUT2D eigenvalue weighted by atomic mass is 9.72. The van der Waals surface area contributed by atoms with Crippen LogP contribution in [0.5, 0.6) is 0 Å². The van der Waals surface area contributed by atoms with Crippen molar-refractivity contribution in [3.05, 3.63) is 57.7 Å². The highest BCUT2D eigenvalue weighted by Gasteiger charge is 2.34. The number of hydrogen-bond acceptors (Lipinski definition) is 4. The molecule has 0 amide bonds. The highest BCUT2D eigenvalue weighted by molar-refractivity contribution is 6.23. The molecule has 0 saturated heterocycles. The summed E-state index contributed by atoms with van der Waals surface area (Å²) >= 11 is 0. The van der Waals surface area contributed by atoms with Crippen molar-refractivity contribution in [2.75, 3.05) is 0 Å². The number of aliphatic imine (C=N–C) groups is 1. The second kappa shape index (κ2) is 6.39. The van der Waals surface area contributed by atoms with Crippen molar-refractivity contribution >= 4 is 22.9 Å². The molecule has 2 rings (SSSR count). The topological polar surface area (TPSA) is 72.6 Å². The van der Waals surface area contributed by atoms with E-state index in [-0.39, 0.29) is 22.3 Å². The van der Waals surface area contributed by atoms with Crippen LogP contribution in [0.4, 0.5) is 11.4 Å². The standard InChI is InChI=1S/C20H24N2O3/c1-19(2,3)16-11-14(12-17(18(16)23)20(4,5)6)21-13-7-9-15(10-8-13)22(24)25/h7-12H,1-6H3. The molecule has 0 spiro atoms. The highest BCUT2D eigenvalue weighted by Crippen LogP contribution is 2.37. The average molecular weight is 340 g/mol. The van der Waals surface area contributed by atoms with Gasteiger partial charge in [-0.1, -0.05) is 41.5 Å². The lowest BCUT2D eigenvalue weighted by Crippen LogP contribution is -2.29. The molecule has 25 heavy (non-hydrogen) atoms. The van der Waals surface area contributed by atoms with Gasteiger partial charge in [-0.25, -0.2) is 4.99 Å². The number of nitro benzene ring substituents is 1. The van der Waals surface area contributed by atoms with Gasteiger partial charge in [-0.05, 0) is 35.1 Å². The van der Waals surface area contributed by atoms with E-state index in [9.17, 15) is 14.9 Å². The van der Waals surface area contributed by atoms with Crippen LogP contribution >= 0.6 is 0 Å². The summed E-state index contributed by atoms with van der Waals surface area (Å²) in [5, 5.41) is 10.8. The third kappa shape index (κ3) is 4.29. The minimum atomic E-state index is -0.439. The Balaban J connectivity index is 2.53. The predicted octanol–water partition coefficient (Wildman–Crippen LogP) is 5.20. The first-order valence-electron chi connectivity index (χ1n) is 8.22. The molecule has 1 aromatic rings. The van der Waals surface area contributed by atoms with Crippen LogP contribution in [0.3, 0.4) is 0 Å². The van der Waals surface area contributed by atoms with E-state index in [0.29, 0.717) is 11.4 Å². The first-order valence-corrected chi connectivity index (χ1v) is 8.22. The smallest absolute Gasteiger partial charge is 0.269 e. The van der Waals surface area contributed by atoms with Crippen molar-refractivity contribution < 1.29 is 9.72 Å². The fraction of sp³-hybridized carbons (Fsp3) is 0.400. The molecule has 0 bridgehead atoms. The monoisotopic (exact) mass is 340 g/mol. The maximum absolute atomic E-state index is 12.9. The molecular weight excluding hydrogens is 316 g/mol. The van der Waals surface area contributed by atoms with Crippen LogP contribution < -0.4 is 0 Å². The Morgan fingerprint density at radius 1 is 0.880 bits per heavy atom. The van der Waals surface area contributed by atoms with E-state index in [4.69, 9.17) is 0 Å². The molecule has 0 saturated carbocycles. The van der Waals surface area contributed by atoms with Crippen LogP contribution in [0.15, 0.2) is 52.6 Å². The molecule has 0 unspecified atom stereocenters. The first kappa shape index (κ1) is 18.8. The Hall–Kier alpha value is -2.56. The van der Waals surface area contributed by atoms with Crippen molar-refractivity contribution in [1.82, 2.24) is 0 Å². The van der Waals surface area contributed by atoms with E-state index in [1.54, 1.807) is 12.1 Å². The Morgan fingerprint density at radius 3 is 1.68 bits per heavy atom. The van der Waals surface area contributed by atoms with Gasteiger partial charge in [0.25, 0.3) is 5.69 Å². The largest absolute Gasteiger partial charge is 0.289 e. The van der Waals surface area contributed by atoms with Crippen LogP contribution in [0.2, 0.25) is 0 Å². The molecule has 1 aromatic carbocycles. The van der Waals surface area contributed by atoms with Gasteiger partial charge < -0.3 is 0 Å². The first-order chi connectivity index (χ1) is 11.4. The molecule has 1 aliphatic rings.